The number of likely N-dealkylation sites (N-methyl/N-ethyl adjacent to an activating group) is 1. The molecule has 3 aliphatic carbocycles. The van der Waals surface area contributed by atoms with Gasteiger partial charge in [-0.1, -0.05) is 12.1 Å². The molecule has 202 valence electrons. The number of halogens is 1. The highest BCUT2D eigenvalue weighted by Gasteiger charge is 2.64. The van der Waals surface area contributed by atoms with E-state index in [4.69, 9.17) is 5.73 Å². The zero-order chi connectivity index (χ0) is 28.5. The normalized spacial score (nSPS) is 26.3. The van der Waals surface area contributed by atoms with Crippen LogP contribution in [0.4, 0.5) is 4.39 Å². The molecule has 0 bridgehead atoms. The van der Waals surface area contributed by atoms with E-state index in [1.165, 1.54) is 43.3 Å². The lowest BCUT2D eigenvalue weighted by Gasteiger charge is -2.50. The number of benzene rings is 2. The predicted molar refractivity (Wildman–Crippen MR) is 135 cm³/mol. The summed E-state index contributed by atoms with van der Waals surface area (Å²) in [5, 5.41) is 44.5. The van der Waals surface area contributed by atoms with Crippen molar-refractivity contribution in [3.05, 3.63) is 69.7 Å². The van der Waals surface area contributed by atoms with Gasteiger partial charge in [0.15, 0.2) is 17.7 Å². The number of carbonyl (C=O) groups is 4. The molecule has 1 amide bonds. The molecule has 0 spiro atoms. The Labute approximate surface area is 221 Å². The minimum Gasteiger partial charge on any atom is -0.508 e. The van der Waals surface area contributed by atoms with Gasteiger partial charge in [-0.3, -0.25) is 24.1 Å². The van der Waals surface area contributed by atoms with Gasteiger partial charge < -0.3 is 26.2 Å². The highest BCUT2D eigenvalue weighted by molar-refractivity contribution is 6.24. The first-order chi connectivity index (χ1) is 18.3. The Kier molecular flexibility index (Phi) is 5.96. The molecular weight excluding hydrogens is 511 g/mol. The molecular formula is C28H25FN2O8. The number of aliphatic hydroxyl groups is 3. The van der Waals surface area contributed by atoms with Crippen LogP contribution in [0.3, 0.4) is 0 Å². The van der Waals surface area contributed by atoms with Crippen molar-refractivity contribution in [2.24, 2.45) is 17.6 Å². The number of phenols is 1. The maximum absolute atomic E-state index is 14.0. The number of aromatic hydroxyl groups is 1. The van der Waals surface area contributed by atoms with E-state index in [9.17, 15) is 44.0 Å². The van der Waals surface area contributed by atoms with Gasteiger partial charge in [0, 0.05) is 11.5 Å². The Morgan fingerprint density at radius 2 is 1.85 bits per heavy atom. The molecule has 2 aromatic rings. The summed E-state index contributed by atoms with van der Waals surface area (Å²) in [4.78, 5) is 51.9. The van der Waals surface area contributed by atoms with Crippen LogP contribution in [0.1, 0.15) is 27.9 Å². The minimum atomic E-state index is -2.73. The molecule has 1 fully saturated rings. The topological polar surface area (TPSA) is 178 Å². The molecule has 0 heterocycles. The Bertz CT molecular complexity index is 1560. The lowest BCUT2D eigenvalue weighted by Crippen LogP contribution is -2.65. The van der Waals surface area contributed by atoms with Crippen molar-refractivity contribution in [1.29, 1.82) is 0 Å². The van der Waals surface area contributed by atoms with Crippen molar-refractivity contribution in [3.8, 4) is 16.9 Å². The first-order valence-electron chi connectivity index (χ1n) is 12.1. The molecule has 0 aliphatic heterocycles. The van der Waals surface area contributed by atoms with Gasteiger partial charge >= 0.3 is 0 Å². The van der Waals surface area contributed by atoms with Gasteiger partial charge in [0.05, 0.1) is 17.2 Å². The second kappa shape index (κ2) is 8.85. The number of fused-ring (bicyclic) bond motifs is 3. The van der Waals surface area contributed by atoms with Crippen LogP contribution >= 0.6 is 0 Å². The summed E-state index contributed by atoms with van der Waals surface area (Å²) in [6, 6.07) is 5.49. The lowest BCUT2D eigenvalue weighted by molar-refractivity contribution is -0.153. The predicted octanol–water partition coefficient (Wildman–Crippen LogP) is 1.58. The summed E-state index contributed by atoms with van der Waals surface area (Å²) in [7, 11) is 3.03. The summed E-state index contributed by atoms with van der Waals surface area (Å²) < 4.78 is 14.0. The first-order valence-corrected chi connectivity index (χ1v) is 12.1. The zero-order valence-electron chi connectivity index (χ0n) is 20.9. The standard InChI is InChI=1S/C28H25FN2O8/c1-31(2)22-16-9-12-8-15-14(11-3-5-17(29)13(7-11)10-32)4-6-18(33)20(15)23(34)19(12)25(36)28(16,39)26(37)21(24(22)35)27(30)38/h3-7,10,12,16,22,33-34,37,39H,8-9H2,1-2H3,(H2,30,38)/t12-,16-,22-,28-/m1/s1. The molecule has 11 heteroatoms. The molecule has 10 nitrogen and oxygen atoms in total. The molecule has 0 saturated heterocycles. The maximum Gasteiger partial charge on any atom is 0.255 e. The van der Waals surface area contributed by atoms with Crippen LogP contribution in [0.5, 0.6) is 5.75 Å². The monoisotopic (exact) mass is 536 g/mol. The number of nitrogens with two attached hydrogens (primary N) is 1. The van der Waals surface area contributed by atoms with E-state index >= 15 is 0 Å². The molecule has 1 saturated carbocycles. The molecule has 0 radical (unpaired) electrons. The van der Waals surface area contributed by atoms with Crippen molar-refractivity contribution in [2.45, 2.75) is 24.5 Å². The minimum absolute atomic E-state index is 0.0616. The quantitative estimate of drug-likeness (QED) is 0.287. The Morgan fingerprint density at radius 1 is 1.15 bits per heavy atom. The van der Waals surface area contributed by atoms with Crippen molar-refractivity contribution in [1.82, 2.24) is 4.90 Å². The number of hydrogen-bond donors (Lipinski definition) is 5. The number of primary amides is 1. The van der Waals surface area contributed by atoms with Crippen molar-refractivity contribution >= 4 is 29.5 Å². The van der Waals surface area contributed by atoms with Gasteiger partial charge in [0.1, 0.15) is 28.7 Å². The van der Waals surface area contributed by atoms with Crippen molar-refractivity contribution in [2.75, 3.05) is 14.1 Å². The molecule has 0 unspecified atom stereocenters. The van der Waals surface area contributed by atoms with E-state index < -0.39 is 63.9 Å². The number of aliphatic hydroxyl groups excluding tert-OH is 2. The Morgan fingerprint density at radius 3 is 2.46 bits per heavy atom. The van der Waals surface area contributed by atoms with Gasteiger partial charge in [0.25, 0.3) is 5.91 Å². The van der Waals surface area contributed by atoms with Crippen LogP contribution in [0.25, 0.3) is 16.9 Å². The second-order valence-corrected chi connectivity index (χ2v) is 10.3. The van der Waals surface area contributed by atoms with Crippen LogP contribution in [0.15, 0.2) is 47.2 Å². The number of hydrogen-bond acceptors (Lipinski definition) is 9. The highest BCUT2D eigenvalue weighted by Crippen LogP contribution is 2.53. The van der Waals surface area contributed by atoms with E-state index in [2.05, 4.69) is 0 Å². The molecule has 3 aliphatic rings. The third-order valence-electron chi connectivity index (χ3n) is 8.04. The van der Waals surface area contributed by atoms with Gasteiger partial charge in [0.2, 0.25) is 5.78 Å². The maximum atomic E-state index is 14.0. The summed E-state index contributed by atoms with van der Waals surface area (Å²) in [5.41, 5.74) is 2.45. The molecule has 2 aromatic carbocycles. The summed E-state index contributed by atoms with van der Waals surface area (Å²) in [6.07, 6.45) is 0.361. The molecule has 0 aromatic heterocycles. The third-order valence-corrected chi connectivity index (χ3v) is 8.04. The fourth-order valence-electron chi connectivity index (χ4n) is 6.32. The average Bonchev–Trinajstić information content (AvgIpc) is 2.86. The van der Waals surface area contributed by atoms with Crippen LogP contribution in [-0.2, 0) is 20.8 Å². The number of aldehydes is 1. The van der Waals surface area contributed by atoms with E-state index in [1.807, 2.05) is 0 Å². The summed E-state index contributed by atoms with van der Waals surface area (Å²) >= 11 is 0. The second-order valence-electron chi connectivity index (χ2n) is 10.3. The van der Waals surface area contributed by atoms with Gasteiger partial charge in [-0.2, -0.15) is 0 Å². The Hall–Kier alpha value is -4.35. The average molecular weight is 537 g/mol. The number of carbonyl (C=O) groups excluding carboxylic acids is 4. The van der Waals surface area contributed by atoms with E-state index in [1.54, 1.807) is 0 Å². The fraction of sp³-hybridized carbons (Fsp3) is 0.286. The number of phenolic OH excluding ortho intramolecular Hbond substituents is 1. The van der Waals surface area contributed by atoms with Gasteiger partial charge in [-0.15, -0.1) is 0 Å². The number of Topliss-reactive ketones (excluding diaryl/α,β-unsaturated/α-hetero) is 2. The highest BCUT2D eigenvalue weighted by atomic mass is 19.1. The fourth-order valence-corrected chi connectivity index (χ4v) is 6.32. The summed E-state index contributed by atoms with van der Waals surface area (Å²) in [6.45, 7) is 0. The van der Waals surface area contributed by atoms with Crippen molar-refractivity contribution < 1.29 is 44.0 Å². The van der Waals surface area contributed by atoms with Crippen LogP contribution in [0.2, 0.25) is 0 Å². The van der Waals surface area contributed by atoms with Gasteiger partial charge in [-0.25, -0.2) is 4.39 Å². The smallest absolute Gasteiger partial charge is 0.255 e. The van der Waals surface area contributed by atoms with E-state index in [-0.39, 0.29) is 35.3 Å². The SMILES string of the molecule is CN(C)[C@H]1C(=O)C(C(N)=O)=C(O)[C@]2(O)C(=O)C3=C(O)c4c(O)ccc(-c5ccc(F)c(C=O)c5)c4C[C@@H]3C[C@H]12. The molecule has 6 N–H and O–H groups in total. The third kappa shape index (κ3) is 3.53. The van der Waals surface area contributed by atoms with Crippen molar-refractivity contribution in [3.63, 3.8) is 0 Å². The lowest BCUT2D eigenvalue weighted by atomic mass is 9.57. The number of ketones is 2. The van der Waals surface area contributed by atoms with E-state index in [0.29, 0.717) is 23.0 Å². The number of amides is 1. The van der Waals surface area contributed by atoms with Gasteiger partial charge in [-0.05, 0) is 67.7 Å². The molecule has 39 heavy (non-hydrogen) atoms. The van der Waals surface area contributed by atoms with Crippen LogP contribution in [-0.4, -0.2) is 74.8 Å². The zero-order valence-corrected chi connectivity index (χ0v) is 20.9. The Balaban J connectivity index is 1.74. The molecule has 4 atom stereocenters. The number of nitrogens with zero attached hydrogens (tertiary/aromatic N) is 1. The molecule has 5 rings (SSSR count). The largest absolute Gasteiger partial charge is 0.508 e. The summed E-state index contributed by atoms with van der Waals surface area (Å²) in [5.74, 6) is -8.13. The van der Waals surface area contributed by atoms with Crippen LogP contribution < -0.4 is 5.73 Å². The first kappa shape index (κ1) is 26.3. The number of rotatable bonds is 4. The van der Waals surface area contributed by atoms with Crippen LogP contribution in [0, 0.1) is 17.7 Å². The van der Waals surface area contributed by atoms with E-state index in [0.717, 1.165) is 6.07 Å².